The van der Waals surface area contributed by atoms with Crippen LogP contribution in [0.15, 0.2) is 0 Å². The van der Waals surface area contributed by atoms with E-state index in [1.54, 1.807) is 13.8 Å². The van der Waals surface area contributed by atoms with E-state index < -0.39 is 5.82 Å². The molecule has 0 amide bonds. The Morgan fingerprint density at radius 2 is 2.11 bits per heavy atom. The van der Waals surface area contributed by atoms with E-state index >= 15 is 0 Å². The van der Waals surface area contributed by atoms with Crippen LogP contribution in [0.4, 0.5) is 4.39 Å². The highest BCUT2D eigenvalue weighted by atomic mass is 19.1. The van der Waals surface area contributed by atoms with Crippen molar-refractivity contribution in [3.8, 4) is 5.88 Å². The number of pyridine rings is 1. The Kier molecular flexibility index (Phi) is 3.50. The number of nitrogens with zero attached hydrogens (tertiary/aromatic N) is 1. The molecule has 0 saturated heterocycles. The van der Waals surface area contributed by atoms with Gasteiger partial charge in [0, 0.05) is 5.69 Å². The predicted molar refractivity (Wildman–Crippen MR) is 63.0 cm³/mol. The molecule has 5 heteroatoms. The Morgan fingerprint density at radius 1 is 1.44 bits per heavy atom. The topological polar surface area (TPSA) is 48.4 Å². The van der Waals surface area contributed by atoms with Crippen LogP contribution in [-0.4, -0.2) is 24.7 Å². The first-order valence-electron chi connectivity index (χ1n) is 5.96. The highest BCUT2D eigenvalue weighted by molar-refractivity contribution is 5.74. The number of hydrogen-bond acceptors (Lipinski definition) is 4. The van der Waals surface area contributed by atoms with Gasteiger partial charge in [-0.1, -0.05) is 0 Å². The fourth-order valence-electron chi connectivity index (χ4n) is 2.36. The smallest absolute Gasteiger partial charge is 0.309 e. The molecule has 1 aromatic rings. The van der Waals surface area contributed by atoms with E-state index in [0.717, 1.165) is 11.3 Å². The maximum Gasteiger partial charge on any atom is 0.309 e. The van der Waals surface area contributed by atoms with Crippen LogP contribution in [0.25, 0.3) is 0 Å². The first kappa shape index (κ1) is 12.8. The molecule has 0 radical (unpaired) electrons. The molecule has 1 heterocycles. The standard InChI is InChI=1S/C13H16FNO3/c1-4-18-13(16)8-5-9-7(2)15-12(17-3)11(14)10(9)6-8/h8H,4-6H2,1-3H3. The van der Waals surface area contributed by atoms with Gasteiger partial charge in [-0.3, -0.25) is 4.79 Å². The van der Waals surface area contributed by atoms with Crippen LogP contribution in [0.1, 0.15) is 23.7 Å². The Morgan fingerprint density at radius 3 is 2.72 bits per heavy atom. The summed E-state index contributed by atoms with van der Waals surface area (Å²) in [5.41, 5.74) is 2.07. The molecule has 0 spiro atoms. The van der Waals surface area contributed by atoms with Crippen LogP contribution >= 0.6 is 0 Å². The summed E-state index contributed by atoms with van der Waals surface area (Å²) >= 11 is 0. The second-order valence-electron chi connectivity index (χ2n) is 4.33. The average molecular weight is 253 g/mol. The van der Waals surface area contributed by atoms with Crippen molar-refractivity contribution in [2.24, 2.45) is 5.92 Å². The van der Waals surface area contributed by atoms with Gasteiger partial charge in [0.05, 0.1) is 19.6 Å². The minimum Gasteiger partial charge on any atom is -0.479 e. The highest BCUT2D eigenvalue weighted by Crippen LogP contribution is 2.34. The van der Waals surface area contributed by atoms with Crippen molar-refractivity contribution < 1.29 is 18.7 Å². The molecule has 0 fully saturated rings. The van der Waals surface area contributed by atoms with Crippen molar-refractivity contribution >= 4 is 5.97 Å². The summed E-state index contributed by atoms with van der Waals surface area (Å²) < 4.78 is 23.9. The molecule has 4 nitrogen and oxygen atoms in total. The number of aromatic nitrogens is 1. The minimum atomic E-state index is -0.454. The van der Waals surface area contributed by atoms with E-state index in [0.29, 0.717) is 25.0 Å². The molecule has 1 aliphatic rings. The van der Waals surface area contributed by atoms with Gasteiger partial charge in [0.2, 0.25) is 0 Å². The van der Waals surface area contributed by atoms with E-state index in [9.17, 15) is 9.18 Å². The van der Waals surface area contributed by atoms with Gasteiger partial charge in [0.15, 0.2) is 5.82 Å². The fraction of sp³-hybridized carbons (Fsp3) is 0.538. The Hall–Kier alpha value is -1.65. The minimum absolute atomic E-state index is 0.00393. The highest BCUT2D eigenvalue weighted by Gasteiger charge is 2.33. The van der Waals surface area contributed by atoms with E-state index in [4.69, 9.17) is 9.47 Å². The summed E-state index contributed by atoms with van der Waals surface area (Å²) in [6, 6.07) is 0. The van der Waals surface area contributed by atoms with Crippen molar-refractivity contribution in [1.29, 1.82) is 0 Å². The van der Waals surface area contributed by atoms with Gasteiger partial charge in [0.1, 0.15) is 0 Å². The number of rotatable bonds is 3. The molecule has 1 aromatic heterocycles. The summed E-state index contributed by atoms with van der Waals surface area (Å²) in [6.07, 6.45) is 0.855. The lowest BCUT2D eigenvalue weighted by Crippen LogP contribution is -2.17. The number of halogens is 1. The van der Waals surface area contributed by atoms with Gasteiger partial charge in [-0.2, -0.15) is 0 Å². The summed E-state index contributed by atoms with van der Waals surface area (Å²) in [6.45, 7) is 3.90. The van der Waals surface area contributed by atoms with Crippen molar-refractivity contribution in [1.82, 2.24) is 4.98 Å². The lowest BCUT2D eigenvalue weighted by Gasteiger charge is -2.08. The summed E-state index contributed by atoms with van der Waals surface area (Å²) in [7, 11) is 1.38. The van der Waals surface area contributed by atoms with Crippen LogP contribution < -0.4 is 4.74 Å². The zero-order valence-corrected chi connectivity index (χ0v) is 10.7. The van der Waals surface area contributed by atoms with Gasteiger partial charge in [-0.05, 0) is 37.8 Å². The number of hydrogen-bond donors (Lipinski definition) is 0. The van der Waals surface area contributed by atoms with Crippen LogP contribution in [0, 0.1) is 18.7 Å². The number of carbonyl (C=O) groups is 1. The molecule has 1 unspecified atom stereocenters. The maximum absolute atomic E-state index is 14.0. The zero-order chi connectivity index (χ0) is 13.3. The van der Waals surface area contributed by atoms with E-state index in [1.165, 1.54) is 7.11 Å². The van der Waals surface area contributed by atoms with Crippen molar-refractivity contribution in [2.75, 3.05) is 13.7 Å². The number of methoxy groups -OCH3 is 1. The number of fused-ring (bicyclic) bond motifs is 1. The monoisotopic (exact) mass is 253 g/mol. The second kappa shape index (κ2) is 4.92. The third-order valence-corrected chi connectivity index (χ3v) is 3.24. The quantitative estimate of drug-likeness (QED) is 0.771. The van der Waals surface area contributed by atoms with Crippen molar-refractivity contribution in [3.63, 3.8) is 0 Å². The number of carbonyl (C=O) groups excluding carboxylic acids is 1. The van der Waals surface area contributed by atoms with Gasteiger partial charge < -0.3 is 9.47 Å². The predicted octanol–water partition coefficient (Wildman–Crippen LogP) is 1.82. The summed E-state index contributed by atoms with van der Waals surface area (Å²) in [5, 5.41) is 0. The molecule has 98 valence electrons. The second-order valence-corrected chi connectivity index (χ2v) is 4.33. The number of ether oxygens (including phenoxy) is 2. The molecule has 0 bridgehead atoms. The van der Waals surface area contributed by atoms with Crippen LogP contribution in [0.5, 0.6) is 5.88 Å². The molecule has 18 heavy (non-hydrogen) atoms. The van der Waals surface area contributed by atoms with E-state index in [1.807, 2.05) is 0 Å². The molecule has 2 rings (SSSR count). The van der Waals surface area contributed by atoms with E-state index in [2.05, 4.69) is 4.98 Å². The fourth-order valence-corrected chi connectivity index (χ4v) is 2.36. The lowest BCUT2D eigenvalue weighted by molar-refractivity contribution is -0.147. The maximum atomic E-state index is 14.0. The first-order valence-corrected chi connectivity index (χ1v) is 5.96. The molecule has 1 aliphatic carbocycles. The van der Waals surface area contributed by atoms with Crippen LogP contribution in [0.3, 0.4) is 0 Å². The number of aryl methyl sites for hydroxylation is 1. The molecule has 1 atom stereocenters. The third kappa shape index (κ3) is 2.05. The SMILES string of the molecule is CCOC(=O)C1Cc2c(C)nc(OC)c(F)c2C1. The molecule has 0 aromatic carbocycles. The van der Waals surface area contributed by atoms with Crippen molar-refractivity contribution in [3.05, 3.63) is 22.6 Å². The van der Waals surface area contributed by atoms with Gasteiger partial charge >= 0.3 is 5.97 Å². The molecule has 0 saturated carbocycles. The Balaban J connectivity index is 2.32. The average Bonchev–Trinajstić information content (AvgIpc) is 2.80. The first-order chi connectivity index (χ1) is 8.58. The lowest BCUT2D eigenvalue weighted by atomic mass is 10.1. The Bertz CT molecular complexity index is 488. The molecule has 0 N–H and O–H groups in total. The summed E-state index contributed by atoms with van der Waals surface area (Å²) in [5.74, 6) is -1.03. The third-order valence-electron chi connectivity index (χ3n) is 3.24. The van der Waals surface area contributed by atoms with Crippen LogP contribution in [0.2, 0.25) is 0 Å². The number of esters is 1. The normalized spacial score (nSPS) is 17.4. The van der Waals surface area contributed by atoms with Crippen molar-refractivity contribution in [2.45, 2.75) is 26.7 Å². The molecular formula is C13H16FNO3. The molecular weight excluding hydrogens is 237 g/mol. The van der Waals surface area contributed by atoms with Crippen LogP contribution in [-0.2, 0) is 22.4 Å². The summed E-state index contributed by atoms with van der Waals surface area (Å²) in [4.78, 5) is 15.7. The van der Waals surface area contributed by atoms with Gasteiger partial charge in [-0.15, -0.1) is 0 Å². The van der Waals surface area contributed by atoms with Gasteiger partial charge in [-0.25, -0.2) is 9.37 Å². The zero-order valence-electron chi connectivity index (χ0n) is 10.7. The van der Waals surface area contributed by atoms with E-state index in [-0.39, 0.29) is 17.8 Å². The Labute approximate surface area is 105 Å². The largest absolute Gasteiger partial charge is 0.479 e. The molecule has 0 aliphatic heterocycles. The van der Waals surface area contributed by atoms with Gasteiger partial charge in [0.25, 0.3) is 5.88 Å².